The van der Waals surface area contributed by atoms with Gasteiger partial charge in [-0.15, -0.1) is 0 Å². The van der Waals surface area contributed by atoms with E-state index in [4.69, 9.17) is 15.4 Å². The smallest absolute Gasteiger partial charge is 0.332 e. The third-order valence-electron chi connectivity index (χ3n) is 0.515. The number of rotatable bonds is 1. The molecule has 0 saturated carbocycles. The van der Waals surface area contributed by atoms with E-state index in [1.807, 2.05) is 0 Å². The van der Waals surface area contributed by atoms with E-state index in [0.717, 1.165) is 0 Å². The monoisotopic (exact) mass is 165 g/mol. The van der Waals surface area contributed by atoms with Gasteiger partial charge in [-0.2, -0.15) is 0 Å². The second kappa shape index (κ2) is 6.97. The summed E-state index contributed by atoms with van der Waals surface area (Å²) in [6.45, 7) is 2.42. The number of hydrogen-bond acceptors (Lipinski definition) is 4. The Morgan fingerprint density at radius 3 is 1.64 bits per heavy atom. The van der Waals surface area contributed by atoms with Gasteiger partial charge in [0.1, 0.15) is 6.10 Å². The maximum Gasteiger partial charge on any atom is 0.332 e. The lowest BCUT2D eigenvalue weighted by atomic mass is 10.4. The fourth-order valence-corrected chi connectivity index (χ4v) is 0. The first-order valence-corrected chi connectivity index (χ1v) is 2.73. The van der Waals surface area contributed by atoms with Gasteiger partial charge in [0.05, 0.1) is 0 Å². The molecule has 1 amide bonds. The van der Waals surface area contributed by atoms with Crippen molar-refractivity contribution >= 4 is 11.9 Å². The van der Waals surface area contributed by atoms with E-state index >= 15 is 0 Å². The summed E-state index contributed by atoms with van der Waals surface area (Å²) in [4.78, 5) is 18.9. The molecule has 4 N–H and O–H groups in total. The number of aliphatic hydroxyl groups excluding tert-OH is 1. The molecule has 0 aromatic heterocycles. The van der Waals surface area contributed by atoms with Crippen molar-refractivity contribution in [1.29, 1.82) is 0 Å². The molecule has 0 bridgehead atoms. The van der Waals surface area contributed by atoms with E-state index < -0.39 is 18.0 Å². The summed E-state index contributed by atoms with van der Waals surface area (Å²) in [6, 6.07) is 0. The fourth-order valence-electron chi connectivity index (χ4n) is 0. The van der Waals surface area contributed by atoms with Crippen LogP contribution in [0, 0.1) is 0 Å². The molecule has 6 nitrogen and oxygen atoms in total. The van der Waals surface area contributed by atoms with Crippen molar-refractivity contribution in [2.45, 2.75) is 20.0 Å². The Morgan fingerprint density at radius 1 is 1.45 bits per heavy atom. The van der Waals surface area contributed by atoms with Crippen molar-refractivity contribution < 1.29 is 25.0 Å². The van der Waals surface area contributed by atoms with Crippen molar-refractivity contribution in [2.75, 3.05) is 0 Å². The molecular weight excluding hydrogens is 154 g/mol. The predicted octanol–water partition coefficient (Wildman–Crippen LogP) is -1.04. The average molecular weight is 165 g/mol. The van der Waals surface area contributed by atoms with Gasteiger partial charge in [-0.25, -0.2) is 10.3 Å². The van der Waals surface area contributed by atoms with E-state index in [1.54, 1.807) is 0 Å². The van der Waals surface area contributed by atoms with Gasteiger partial charge in [-0.05, 0) is 6.92 Å². The van der Waals surface area contributed by atoms with Gasteiger partial charge < -0.3 is 10.2 Å². The normalized spacial score (nSPS) is 10.5. The molecule has 0 aromatic carbocycles. The Kier molecular flexibility index (Phi) is 7.94. The molecule has 0 rings (SSSR count). The molecule has 1 unspecified atom stereocenters. The molecule has 1 atom stereocenters. The average Bonchev–Trinajstić information content (AvgIpc) is 1.89. The highest BCUT2D eigenvalue weighted by Gasteiger charge is 2.01. The number of carbonyl (C=O) groups excluding carboxylic acids is 1. The summed E-state index contributed by atoms with van der Waals surface area (Å²) in [5, 5.41) is 23.3. The topological polar surface area (TPSA) is 107 Å². The molecule has 0 radical (unpaired) electrons. The van der Waals surface area contributed by atoms with Crippen LogP contribution in [0.4, 0.5) is 0 Å². The standard InChI is InChI=1S/C3H6O3.C2H5NO2/c1-2(4)3(5)6;1-2(4)3-5/h2,4H,1H3,(H,5,6);5H,1H3,(H,3,4). The van der Waals surface area contributed by atoms with Crippen LogP contribution < -0.4 is 5.48 Å². The second-order valence-corrected chi connectivity index (χ2v) is 1.68. The number of aliphatic hydroxyl groups is 1. The van der Waals surface area contributed by atoms with Crippen LogP contribution in [0.3, 0.4) is 0 Å². The lowest BCUT2D eigenvalue weighted by molar-refractivity contribution is -0.145. The van der Waals surface area contributed by atoms with Gasteiger partial charge in [0.15, 0.2) is 0 Å². The first kappa shape index (κ1) is 12.5. The van der Waals surface area contributed by atoms with Crippen LogP contribution in [-0.2, 0) is 9.59 Å². The molecule has 6 heteroatoms. The van der Waals surface area contributed by atoms with Crippen LogP contribution in [0.2, 0.25) is 0 Å². The van der Waals surface area contributed by atoms with Crippen LogP contribution in [0.1, 0.15) is 13.8 Å². The molecular formula is C5H11NO5. The molecule has 0 saturated heterocycles. The van der Waals surface area contributed by atoms with Gasteiger partial charge >= 0.3 is 5.97 Å². The van der Waals surface area contributed by atoms with E-state index in [2.05, 4.69) is 0 Å². The molecule has 0 aliphatic carbocycles. The third kappa shape index (κ3) is 17.7. The Hall–Kier alpha value is -1.14. The van der Waals surface area contributed by atoms with E-state index in [9.17, 15) is 9.59 Å². The SMILES string of the molecule is CC(=O)NO.CC(O)C(=O)O. The minimum Gasteiger partial charge on any atom is -0.479 e. The molecule has 0 aliphatic heterocycles. The maximum absolute atomic E-state index is 9.45. The summed E-state index contributed by atoms with van der Waals surface area (Å²) in [7, 11) is 0. The van der Waals surface area contributed by atoms with Crippen molar-refractivity contribution in [3.8, 4) is 0 Å². The summed E-state index contributed by atoms with van der Waals surface area (Å²) in [5.74, 6) is -1.62. The first-order valence-electron chi connectivity index (χ1n) is 2.73. The van der Waals surface area contributed by atoms with E-state index in [0.29, 0.717) is 0 Å². The molecule has 0 heterocycles. The van der Waals surface area contributed by atoms with Crippen LogP contribution in [0.5, 0.6) is 0 Å². The Balaban J connectivity index is 0. The molecule has 11 heavy (non-hydrogen) atoms. The number of hydroxylamine groups is 1. The maximum atomic E-state index is 9.45. The molecule has 0 fully saturated rings. The van der Waals surface area contributed by atoms with Crippen LogP contribution >= 0.6 is 0 Å². The van der Waals surface area contributed by atoms with Gasteiger partial charge in [-0.1, -0.05) is 0 Å². The van der Waals surface area contributed by atoms with Gasteiger partial charge in [0, 0.05) is 6.92 Å². The number of carboxylic acids is 1. The van der Waals surface area contributed by atoms with E-state index in [-0.39, 0.29) is 0 Å². The van der Waals surface area contributed by atoms with Crippen LogP contribution in [0.15, 0.2) is 0 Å². The third-order valence-corrected chi connectivity index (χ3v) is 0.515. The van der Waals surface area contributed by atoms with Crippen LogP contribution in [0.25, 0.3) is 0 Å². The summed E-state index contributed by atoms with van der Waals surface area (Å²) in [5.41, 5.74) is 1.39. The number of carbonyl (C=O) groups is 2. The second-order valence-electron chi connectivity index (χ2n) is 1.68. The molecule has 0 aromatic rings. The number of carboxylic acid groups (broad SMARTS) is 1. The summed E-state index contributed by atoms with van der Waals surface area (Å²) >= 11 is 0. The highest BCUT2D eigenvalue weighted by molar-refractivity contribution is 5.71. The minimum absolute atomic E-state index is 0.440. The number of nitrogens with one attached hydrogen (secondary N) is 1. The Labute approximate surface area is 63.4 Å². The largest absolute Gasteiger partial charge is 0.479 e. The lowest BCUT2D eigenvalue weighted by Crippen LogP contribution is -2.13. The zero-order valence-corrected chi connectivity index (χ0v) is 6.24. The van der Waals surface area contributed by atoms with Crippen molar-refractivity contribution in [3.05, 3.63) is 0 Å². The fraction of sp³-hybridized carbons (Fsp3) is 0.600. The molecule has 0 spiro atoms. The Morgan fingerprint density at radius 2 is 1.64 bits per heavy atom. The zero-order valence-electron chi connectivity index (χ0n) is 6.24. The molecule has 66 valence electrons. The highest BCUT2D eigenvalue weighted by atomic mass is 16.5. The van der Waals surface area contributed by atoms with Crippen molar-refractivity contribution in [2.24, 2.45) is 0 Å². The van der Waals surface area contributed by atoms with Crippen molar-refractivity contribution in [3.63, 3.8) is 0 Å². The highest BCUT2D eigenvalue weighted by Crippen LogP contribution is 1.73. The van der Waals surface area contributed by atoms with Gasteiger partial charge in [0.25, 0.3) is 0 Å². The quantitative estimate of drug-likeness (QED) is 0.293. The lowest BCUT2D eigenvalue weighted by Gasteiger charge is -1.89. The zero-order chi connectivity index (χ0) is 9.44. The predicted molar refractivity (Wildman–Crippen MR) is 34.9 cm³/mol. The summed E-state index contributed by atoms with van der Waals surface area (Å²) < 4.78 is 0. The van der Waals surface area contributed by atoms with Gasteiger partial charge in [0.2, 0.25) is 5.91 Å². The van der Waals surface area contributed by atoms with E-state index in [1.165, 1.54) is 19.3 Å². The number of aliphatic carboxylic acids is 1. The first-order chi connectivity index (χ1) is 4.91. The molecule has 0 aliphatic rings. The minimum atomic E-state index is -1.23. The van der Waals surface area contributed by atoms with Crippen LogP contribution in [-0.4, -0.2) is 33.4 Å². The number of hydrogen-bond donors (Lipinski definition) is 4. The van der Waals surface area contributed by atoms with Crippen molar-refractivity contribution in [1.82, 2.24) is 5.48 Å². The Bertz CT molecular complexity index is 133. The summed E-state index contributed by atoms with van der Waals surface area (Å²) in [6.07, 6.45) is -1.23. The van der Waals surface area contributed by atoms with Gasteiger partial charge in [-0.3, -0.25) is 10.0 Å². The number of amides is 1.